The first-order valence-corrected chi connectivity index (χ1v) is 10.3. The van der Waals surface area contributed by atoms with Gasteiger partial charge in [-0.15, -0.1) is 0 Å². The molecule has 0 radical (unpaired) electrons. The number of halogens is 3. The molecule has 3 rings (SSSR count). The first-order chi connectivity index (χ1) is 16.2. The molecule has 1 atom stereocenters. The fourth-order valence-electron chi connectivity index (χ4n) is 3.16. The maximum Gasteiger partial charge on any atom is 0.416 e. The minimum absolute atomic E-state index is 0.253. The lowest BCUT2D eigenvalue weighted by molar-refractivity contribution is -0.137. The van der Waals surface area contributed by atoms with Gasteiger partial charge in [0.2, 0.25) is 11.8 Å². The van der Waals surface area contributed by atoms with Gasteiger partial charge in [-0.25, -0.2) is 0 Å². The summed E-state index contributed by atoms with van der Waals surface area (Å²) in [5.74, 6) is -0.767. The highest BCUT2D eigenvalue weighted by molar-refractivity contribution is 6.03. The summed E-state index contributed by atoms with van der Waals surface area (Å²) in [5, 5.41) is 8.19. The van der Waals surface area contributed by atoms with E-state index < -0.39 is 23.7 Å². The van der Waals surface area contributed by atoms with Crippen LogP contribution < -0.4 is 21.7 Å². The van der Waals surface area contributed by atoms with Crippen LogP contribution in [0.3, 0.4) is 0 Å². The number of likely N-dealkylation sites (N-methyl/N-ethyl adjacent to an activating group) is 1. The Morgan fingerprint density at radius 3 is 2.15 bits per heavy atom. The van der Waals surface area contributed by atoms with E-state index in [1.54, 1.807) is 61.7 Å². The number of nitrogen functional groups attached to an aromatic ring is 1. The SMILES string of the molecule is CNC(C(=O)Nc1ccc(C(F)(F)F)cc1)c1ccc(C=CC(=O)Nc2ccccc2N)cc1. The van der Waals surface area contributed by atoms with Crippen LogP contribution in [-0.4, -0.2) is 18.9 Å². The summed E-state index contributed by atoms with van der Waals surface area (Å²) in [6.07, 6.45) is -1.45. The van der Waals surface area contributed by atoms with Crippen molar-refractivity contribution in [3.63, 3.8) is 0 Å². The van der Waals surface area contributed by atoms with Gasteiger partial charge >= 0.3 is 6.18 Å². The molecule has 0 bridgehead atoms. The second kappa shape index (κ2) is 10.7. The van der Waals surface area contributed by atoms with Crippen LogP contribution in [0.5, 0.6) is 0 Å². The average Bonchev–Trinajstić information content (AvgIpc) is 2.80. The molecule has 0 fully saturated rings. The summed E-state index contributed by atoms with van der Waals surface area (Å²) in [6.45, 7) is 0. The van der Waals surface area contributed by atoms with E-state index in [4.69, 9.17) is 5.73 Å². The quantitative estimate of drug-likeness (QED) is 0.295. The largest absolute Gasteiger partial charge is 0.416 e. The number of alkyl halides is 3. The van der Waals surface area contributed by atoms with E-state index in [2.05, 4.69) is 16.0 Å². The van der Waals surface area contributed by atoms with Gasteiger partial charge in [-0.1, -0.05) is 36.4 Å². The van der Waals surface area contributed by atoms with Crippen LogP contribution in [-0.2, 0) is 15.8 Å². The van der Waals surface area contributed by atoms with Gasteiger partial charge in [-0.05, 0) is 60.6 Å². The summed E-state index contributed by atoms with van der Waals surface area (Å²) in [6, 6.07) is 17.3. The van der Waals surface area contributed by atoms with Gasteiger partial charge in [0.1, 0.15) is 6.04 Å². The molecule has 0 heterocycles. The van der Waals surface area contributed by atoms with E-state index in [0.29, 0.717) is 16.9 Å². The molecule has 3 aromatic carbocycles. The van der Waals surface area contributed by atoms with Crippen LogP contribution >= 0.6 is 0 Å². The first-order valence-electron chi connectivity index (χ1n) is 10.3. The molecule has 0 saturated heterocycles. The molecular formula is C25H23F3N4O2. The topological polar surface area (TPSA) is 96.2 Å². The highest BCUT2D eigenvalue weighted by Gasteiger charge is 2.30. The molecule has 34 heavy (non-hydrogen) atoms. The highest BCUT2D eigenvalue weighted by Crippen LogP contribution is 2.30. The maximum atomic E-state index is 12.7. The molecule has 1 unspecified atom stereocenters. The zero-order valence-electron chi connectivity index (χ0n) is 18.2. The number of amides is 2. The van der Waals surface area contributed by atoms with E-state index in [1.165, 1.54) is 18.2 Å². The number of nitrogens with one attached hydrogen (secondary N) is 3. The van der Waals surface area contributed by atoms with Crippen molar-refractivity contribution in [1.82, 2.24) is 5.32 Å². The van der Waals surface area contributed by atoms with Crippen molar-refractivity contribution in [1.29, 1.82) is 0 Å². The van der Waals surface area contributed by atoms with Crippen molar-refractivity contribution in [3.05, 3.63) is 95.6 Å². The van der Waals surface area contributed by atoms with Crippen LogP contribution in [0.1, 0.15) is 22.7 Å². The minimum atomic E-state index is -4.44. The summed E-state index contributed by atoms with van der Waals surface area (Å²) in [4.78, 5) is 24.8. The van der Waals surface area contributed by atoms with Gasteiger partial charge in [0.05, 0.1) is 16.9 Å². The fourth-order valence-corrected chi connectivity index (χ4v) is 3.16. The lowest BCUT2D eigenvalue weighted by atomic mass is 10.0. The summed E-state index contributed by atoms with van der Waals surface area (Å²) >= 11 is 0. The number of rotatable bonds is 7. The monoisotopic (exact) mass is 468 g/mol. The number of anilines is 3. The summed E-state index contributed by atoms with van der Waals surface area (Å²) in [5.41, 5.74) is 7.62. The fraction of sp³-hybridized carbons (Fsp3) is 0.120. The average molecular weight is 468 g/mol. The second-order valence-corrected chi connectivity index (χ2v) is 7.36. The van der Waals surface area contributed by atoms with Crippen LogP contribution in [0.25, 0.3) is 6.08 Å². The number of carbonyl (C=O) groups excluding carboxylic acids is 2. The van der Waals surface area contributed by atoms with Gasteiger partial charge in [-0.2, -0.15) is 13.2 Å². The standard InChI is InChI=1S/C25H23F3N4O2/c1-30-23(24(34)31-19-13-11-18(12-14-19)25(26,27)28)17-9-6-16(7-10-17)8-15-22(33)32-21-5-3-2-4-20(21)29/h2-15,23,30H,29H2,1H3,(H,31,34)(H,32,33). The van der Waals surface area contributed by atoms with E-state index >= 15 is 0 Å². The van der Waals surface area contributed by atoms with Gasteiger partial charge < -0.3 is 21.7 Å². The van der Waals surface area contributed by atoms with Gasteiger partial charge in [-0.3, -0.25) is 9.59 Å². The van der Waals surface area contributed by atoms with Crippen molar-refractivity contribution in [2.45, 2.75) is 12.2 Å². The van der Waals surface area contributed by atoms with E-state index in [9.17, 15) is 22.8 Å². The van der Waals surface area contributed by atoms with Crippen molar-refractivity contribution in [3.8, 4) is 0 Å². The molecule has 6 nitrogen and oxygen atoms in total. The molecule has 0 aliphatic heterocycles. The lowest BCUT2D eigenvalue weighted by Crippen LogP contribution is -2.30. The maximum absolute atomic E-state index is 12.7. The number of carbonyl (C=O) groups is 2. The predicted molar refractivity (Wildman–Crippen MR) is 127 cm³/mol. The summed E-state index contributed by atoms with van der Waals surface area (Å²) < 4.78 is 38.1. The molecule has 0 aromatic heterocycles. The zero-order chi connectivity index (χ0) is 24.7. The molecule has 5 N–H and O–H groups in total. The lowest BCUT2D eigenvalue weighted by Gasteiger charge is -2.17. The second-order valence-electron chi connectivity index (χ2n) is 7.36. The van der Waals surface area contributed by atoms with E-state index in [1.807, 2.05) is 0 Å². The van der Waals surface area contributed by atoms with Crippen molar-refractivity contribution >= 4 is 35.0 Å². The number of para-hydroxylation sites is 2. The molecule has 0 saturated carbocycles. The minimum Gasteiger partial charge on any atom is -0.397 e. The Hall–Kier alpha value is -4.11. The molecule has 3 aromatic rings. The van der Waals surface area contributed by atoms with Crippen molar-refractivity contribution in [2.75, 3.05) is 23.4 Å². The van der Waals surface area contributed by atoms with Crippen LogP contribution in [0.2, 0.25) is 0 Å². The Labute approximate surface area is 194 Å². The number of hydrogen-bond donors (Lipinski definition) is 4. The molecule has 0 aliphatic rings. The Morgan fingerprint density at radius 2 is 1.56 bits per heavy atom. The summed E-state index contributed by atoms with van der Waals surface area (Å²) in [7, 11) is 1.60. The van der Waals surface area contributed by atoms with E-state index in [0.717, 1.165) is 17.7 Å². The van der Waals surface area contributed by atoms with Gasteiger partial charge in [0.15, 0.2) is 0 Å². The smallest absolute Gasteiger partial charge is 0.397 e. The third-order valence-corrected chi connectivity index (χ3v) is 4.95. The van der Waals surface area contributed by atoms with Crippen LogP contribution in [0.4, 0.5) is 30.2 Å². The van der Waals surface area contributed by atoms with E-state index in [-0.39, 0.29) is 11.6 Å². The first kappa shape index (κ1) is 24.5. The number of nitrogens with two attached hydrogens (primary N) is 1. The Kier molecular flexibility index (Phi) is 7.70. The Balaban J connectivity index is 1.62. The van der Waals surface area contributed by atoms with Crippen molar-refractivity contribution in [2.24, 2.45) is 0 Å². The third-order valence-electron chi connectivity index (χ3n) is 4.95. The molecule has 0 aliphatic carbocycles. The molecule has 0 spiro atoms. The Morgan fingerprint density at radius 1 is 0.912 bits per heavy atom. The third kappa shape index (κ3) is 6.46. The van der Waals surface area contributed by atoms with Crippen molar-refractivity contribution < 1.29 is 22.8 Å². The highest BCUT2D eigenvalue weighted by atomic mass is 19.4. The predicted octanol–water partition coefficient (Wildman–Crippen LogP) is 4.84. The molecule has 2 amide bonds. The Bertz CT molecular complexity index is 1170. The van der Waals surface area contributed by atoms with Gasteiger partial charge in [0, 0.05) is 11.8 Å². The van der Waals surface area contributed by atoms with Crippen LogP contribution in [0, 0.1) is 0 Å². The molecule has 176 valence electrons. The normalized spacial score (nSPS) is 12.4. The molecular weight excluding hydrogens is 445 g/mol. The molecule has 9 heteroatoms. The van der Waals surface area contributed by atoms with Crippen LogP contribution in [0.15, 0.2) is 78.9 Å². The number of hydrogen-bond acceptors (Lipinski definition) is 4. The van der Waals surface area contributed by atoms with Gasteiger partial charge in [0.25, 0.3) is 0 Å². The number of benzene rings is 3. The zero-order valence-corrected chi connectivity index (χ0v) is 18.2.